The second kappa shape index (κ2) is 26.9. The van der Waals surface area contributed by atoms with Crippen molar-refractivity contribution in [3.8, 4) is 5.75 Å². The number of hydrogen-bond acceptors (Lipinski definition) is 17. The molecular formula is C42H48F5N11O11. The molecule has 7 N–H and O–H groups in total. The molecule has 0 fully saturated rings. The van der Waals surface area contributed by atoms with Gasteiger partial charge in [-0.1, -0.05) is 5.21 Å². The molecule has 2 amide bonds. The summed E-state index contributed by atoms with van der Waals surface area (Å²) >= 11 is 0. The van der Waals surface area contributed by atoms with E-state index in [1.54, 1.807) is 23.0 Å². The van der Waals surface area contributed by atoms with Crippen molar-refractivity contribution < 1.29 is 69.9 Å². The van der Waals surface area contributed by atoms with E-state index in [2.05, 4.69) is 50.9 Å². The lowest BCUT2D eigenvalue weighted by Crippen LogP contribution is -2.47. The molecule has 0 spiro atoms. The summed E-state index contributed by atoms with van der Waals surface area (Å²) in [6.45, 7) is 2.21. The number of aryl methyl sites for hydroxylation is 1. The zero-order valence-electron chi connectivity index (χ0n) is 36.7. The number of nitrogens with zero attached hydrogens (tertiary/aromatic N) is 6. The van der Waals surface area contributed by atoms with Crippen LogP contribution in [-0.4, -0.2) is 129 Å². The zero-order chi connectivity index (χ0) is 49.7. The van der Waals surface area contributed by atoms with E-state index in [1.165, 1.54) is 18.3 Å². The number of H-pyrrole nitrogens is 1. The number of aromatic amines is 1. The monoisotopic (exact) mass is 977 g/mol. The lowest BCUT2D eigenvalue weighted by atomic mass is 10.1. The van der Waals surface area contributed by atoms with Gasteiger partial charge in [0.2, 0.25) is 46.7 Å². The molecule has 0 unspecified atom stereocenters. The van der Waals surface area contributed by atoms with Crippen LogP contribution in [0.1, 0.15) is 53.8 Å². The number of halogens is 5. The van der Waals surface area contributed by atoms with Crippen molar-refractivity contribution in [3.05, 3.63) is 93.1 Å². The van der Waals surface area contributed by atoms with E-state index in [1.807, 2.05) is 0 Å². The molecule has 1 atom stereocenters. The Morgan fingerprint density at radius 2 is 1.43 bits per heavy atom. The molecule has 69 heavy (non-hydrogen) atoms. The fraction of sp³-hybridized carbons (Fsp3) is 0.429. The summed E-state index contributed by atoms with van der Waals surface area (Å²) in [5.41, 5.74) is 7.23. The van der Waals surface area contributed by atoms with Gasteiger partial charge < -0.3 is 50.5 Å². The number of nitrogens with two attached hydrogens (primary N) is 1. The Morgan fingerprint density at radius 3 is 2.10 bits per heavy atom. The Morgan fingerprint density at radius 1 is 0.797 bits per heavy atom. The van der Waals surface area contributed by atoms with Crippen LogP contribution in [-0.2, 0) is 52.8 Å². The smallest absolute Gasteiger partial charge is 0.313 e. The van der Waals surface area contributed by atoms with Crippen LogP contribution in [0.4, 0.5) is 33.6 Å². The van der Waals surface area contributed by atoms with Crippen molar-refractivity contribution in [2.24, 2.45) is 0 Å². The topological polar surface area (TPSA) is 299 Å². The molecule has 0 aliphatic heterocycles. The summed E-state index contributed by atoms with van der Waals surface area (Å²) in [6.07, 6.45) is 4.06. The number of carboxylic acid groups (broad SMARTS) is 1. The number of aliphatic carboxylic acids is 1. The normalized spacial score (nSPS) is 11.7. The molecule has 22 nitrogen and oxygen atoms in total. The number of rotatable bonds is 30. The molecule has 5 rings (SSSR count). The number of carbonyl (C=O) groups excluding carboxylic acids is 3. The predicted octanol–water partition coefficient (Wildman–Crippen LogP) is 2.36. The lowest BCUT2D eigenvalue weighted by molar-refractivity contribution is -0.138. The van der Waals surface area contributed by atoms with E-state index in [-0.39, 0.29) is 88.2 Å². The van der Waals surface area contributed by atoms with Crippen molar-refractivity contribution >= 4 is 46.6 Å². The number of fused-ring (bicyclic) bond motifs is 1. The molecule has 0 aliphatic carbocycles. The predicted molar refractivity (Wildman–Crippen MR) is 230 cm³/mol. The molecular weight excluding hydrogens is 930 g/mol. The highest BCUT2D eigenvalue weighted by atomic mass is 19.2. The number of nitrogen functional groups attached to an aromatic ring is 1. The molecule has 0 aliphatic rings. The lowest BCUT2D eigenvalue weighted by Gasteiger charge is -2.18. The number of carbonyl (C=O) groups is 4. The molecule has 27 heteroatoms. The van der Waals surface area contributed by atoms with Crippen LogP contribution >= 0.6 is 0 Å². The minimum absolute atomic E-state index is 0.0378. The average Bonchev–Trinajstić information content (AvgIpc) is 3.79. The Hall–Kier alpha value is -7.23. The number of esters is 1. The SMILES string of the molecule is Nc1nc2ncc(CNc3ccc(C(=O)N[C@@H](CCC(=O)O)C(=O)NCCCCc4cn(CCOCCOCCOCCOCCC(=O)Oc5c(F)c(F)c(F)c(F)c5F)nn4)cc3)nc2c(=O)[nH]1. The Bertz CT molecular complexity index is 2560. The highest BCUT2D eigenvalue weighted by Crippen LogP contribution is 2.29. The van der Waals surface area contributed by atoms with Crippen molar-refractivity contribution in [1.82, 2.24) is 45.6 Å². The van der Waals surface area contributed by atoms with Crippen LogP contribution in [0.2, 0.25) is 0 Å². The highest BCUT2D eigenvalue weighted by molar-refractivity contribution is 5.98. The maximum atomic E-state index is 13.6. The van der Waals surface area contributed by atoms with Gasteiger partial charge in [0.05, 0.1) is 90.0 Å². The first-order chi connectivity index (χ1) is 33.2. The highest BCUT2D eigenvalue weighted by Gasteiger charge is 2.28. The maximum absolute atomic E-state index is 13.6. The molecule has 3 aromatic heterocycles. The Labute approximate surface area is 388 Å². The van der Waals surface area contributed by atoms with Crippen molar-refractivity contribution in [3.63, 3.8) is 0 Å². The average molecular weight is 978 g/mol. The van der Waals surface area contributed by atoms with Gasteiger partial charge in [0.25, 0.3) is 11.5 Å². The number of benzene rings is 2. The number of carboxylic acids is 1. The van der Waals surface area contributed by atoms with E-state index in [9.17, 15) is 51.0 Å². The summed E-state index contributed by atoms with van der Waals surface area (Å²) in [5, 5.41) is 26.0. The fourth-order valence-corrected chi connectivity index (χ4v) is 6.01. The van der Waals surface area contributed by atoms with Gasteiger partial charge in [0.1, 0.15) is 6.04 Å². The van der Waals surface area contributed by atoms with Gasteiger partial charge in [-0.15, -0.1) is 5.10 Å². The summed E-state index contributed by atoms with van der Waals surface area (Å²) in [4.78, 5) is 76.0. The second-order valence-corrected chi connectivity index (χ2v) is 14.7. The van der Waals surface area contributed by atoms with Crippen molar-refractivity contribution in [1.29, 1.82) is 0 Å². The number of anilines is 2. The molecule has 0 bridgehead atoms. The summed E-state index contributed by atoms with van der Waals surface area (Å²) in [5.74, 6) is -16.6. The van der Waals surface area contributed by atoms with Gasteiger partial charge in [-0.2, -0.15) is 13.8 Å². The van der Waals surface area contributed by atoms with Gasteiger partial charge in [0.15, 0.2) is 11.2 Å². The van der Waals surface area contributed by atoms with Gasteiger partial charge in [-0.25, -0.2) is 27.8 Å². The third-order valence-corrected chi connectivity index (χ3v) is 9.54. The number of ether oxygens (including phenoxy) is 5. The third kappa shape index (κ3) is 16.8. The van der Waals surface area contributed by atoms with E-state index in [0.717, 1.165) is 5.69 Å². The molecule has 0 saturated heterocycles. The van der Waals surface area contributed by atoms with Crippen LogP contribution in [0.5, 0.6) is 5.75 Å². The number of amides is 2. The van der Waals surface area contributed by atoms with Gasteiger partial charge in [-0.05, 0) is 49.9 Å². The van der Waals surface area contributed by atoms with Gasteiger partial charge in [-0.3, -0.25) is 29.0 Å². The third-order valence-electron chi connectivity index (χ3n) is 9.54. The van der Waals surface area contributed by atoms with Gasteiger partial charge in [0, 0.05) is 30.4 Å². The number of unbranched alkanes of at least 4 members (excludes halogenated alkanes) is 1. The number of hydrogen-bond donors (Lipinski definition) is 6. The molecule has 0 saturated carbocycles. The van der Waals surface area contributed by atoms with Crippen LogP contribution in [0, 0.1) is 29.1 Å². The summed E-state index contributed by atoms with van der Waals surface area (Å²) in [7, 11) is 0. The minimum atomic E-state index is -2.37. The summed E-state index contributed by atoms with van der Waals surface area (Å²) < 4.78 is 94.2. The first-order valence-electron chi connectivity index (χ1n) is 21.3. The van der Waals surface area contributed by atoms with Crippen LogP contribution in [0.25, 0.3) is 11.2 Å². The molecule has 0 radical (unpaired) electrons. The van der Waals surface area contributed by atoms with E-state index < -0.39 is 76.6 Å². The van der Waals surface area contributed by atoms with Crippen LogP contribution in [0.3, 0.4) is 0 Å². The molecule has 5 aromatic rings. The molecule has 3 heterocycles. The number of aromatic nitrogens is 7. The van der Waals surface area contributed by atoms with Crippen molar-refractivity contribution in [2.45, 2.75) is 57.7 Å². The quantitative estimate of drug-likeness (QED) is 0.00961. The fourth-order valence-electron chi connectivity index (χ4n) is 6.01. The Balaban J connectivity index is 0.874. The van der Waals surface area contributed by atoms with Crippen LogP contribution < -0.4 is 32.0 Å². The van der Waals surface area contributed by atoms with Crippen LogP contribution in [0.15, 0.2) is 41.5 Å². The minimum Gasteiger partial charge on any atom is -0.481 e. The zero-order valence-corrected chi connectivity index (χ0v) is 36.7. The molecule has 2 aromatic carbocycles. The van der Waals surface area contributed by atoms with Crippen molar-refractivity contribution in [2.75, 3.05) is 70.5 Å². The maximum Gasteiger partial charge on any atom is 0.313 e. The Kier molecular flexibility index (Phi) is 20.6. The first-order valence-corrected chi connectivity index (χ1v) is 21.3. The first kappa shape index (κ1) is 52.7. The van der Waals surface area contributed by atoms with E-state index in [4.69, 9.17) is 24.7 Å². The number of nitrogens with one attached hydrogen (secondary N) is 4. The molecule has 372 valence electrons. The van der Waals surface area contributed by atoms with E-state index >= 15 is 0 Å². The standard InChI is InChI=1S/C42H48F5N11O11/c43-31-32(44)34(46)37(35(47)33(31)45)69-30(61)10-13-65-15-17-67-19-20-68-18-16-66-14-12-58-23-26(56-57-58)3-1-2-11-49-40(63)28(8-9-29(59)60)53-39(62)24-4-6-25(7-5-24)50-21-27-22-51-38-36(52-27)41(64)55-42(48)54-38/h4-7,22-23,28,50H,1-3,8-21H2,(H,49,63)(H,53,62)(H,59,60)(H3,48,51,54,55,64)/t28-/m0/s1. The summed E-state index contributed by atoms with van der Waals surface area (Å²) in [6, 6.07) is 5.25. The largest absolute Gasteiger partial charge is 0.481 e. The van der Waals surface area contributed by atoms with Gasteiger partial charge >= 0.3 is 11.9 Å². The second-order valence-electron chi connectivity index (χ2n) is 14.7. The van der Waals surface area contributed by atoms with E-state index in [0.29, 0.717) is 50.4 Å².